The molecule has 0 aliphatic carbocycles. The second kappa shape index (κ2) is 7.50. The third kappa shape index (κ3) is 3.89. The van der Waals surface area contributed by atoms with Crippen molar-refractivity contribution in [1.29, 1.82) is 0 Å². The smallest absolute Gasteiger partial charge is 0.255 e. The number of amides is 2. The number of nitrogens with zero attached hydrogens (tertiary/aromatic N) is 1. The van der Waals surface area contributed by atoms with Crippen LogP contribution in [-0.2, 0) is 29.1 Å². The third-order valence-corrected chi connectivity index (χ3v) is 4.28. The van der Waals surface area contributed by atoms with E-state index in [9.17, 15) is 19.8 Å². The molecule has 1 aliphatic rings. The molecule has 3 N–H and O–H groups in total. The highest BCUT2D eigenvalue weighted by atomic mass is 16.3. The molecule has 0 saturated heterocycles. The zero-order valence-electron chi connectivity index (χ0n) is 13.6. The quantitative estimate of drug-likeness (QED) is 0.719. The van der Waals surface area contributed by atoms with Crippen molar-refractivity contribution in [2.75, 3.05) is 6.54 Å². The van der Waals surface area contributed by atoms with Gasteiger partial charge in [-0.1, -0.05) is 24.3 Å². The Balaban J connectivity index is 1.57. The number of fused-ring (bicyclic) bond motifs is 1. The van der Waals surface area contributed by atoms with Crippen molar-refractivity contribution in [3.63, 3.8) is 0 Å². The van der Waals surface area contributed by atoms with E-state index >= 15 is 0 Å². The second-order valence-electron chi connectivity index (χ2n) is 5.97. The topological polar surface area (TPSA) is 103 Å². The number of hydrogen-bond donors (Lipinski definition) is 3. The standard InChI is InChI=1S/C18H20N2O5/c21-15(17(23)19-10-14-6-3-9-25-14)16(22)18(24)20-8-7-12-4-1-2-5-13(12)11-20/h1-6,9,15-16,21-22H,7-8,10-11H2,(H,19,23)/t15-,16-/m1/s1. The molecule has 1 aromatic carbocycles. The number of aliphatic hydroxyl groups is 2. The molecule has 2 atom stereocenters. The molecular formula is C18H20N2O5. The summed E-state index contributed by atoms with van der Waals surface area (Å²) in [5.74, 6) is -0.973. The molecule has 132 valence electrons. The summed E-state index contributed by atoms with van der Waals surface area (Å²) in [4.78, 5) is 25.8. The summed E-state index contributed by atoms with van der Waals surface area (Å²) in [7, 11) is 0. The van der Waals surface area contributed by atoms with Crippen LogP contribution in [0.4, 0.5) is 0 Å². The lowest BCUT2D eigenvalue weighted by atomic mass is 9.99. The van der Waals surface area contributed by atoms with Gasteiger partial charge in [-0.25, -0.2) is 0 Å². The van der Waals surface area contributed by atoms with E-state index in [1.165, 1.54) is 11.2 Å². The van der Waals surface area contributed by atoms with Crippen LogP contribution >= 0.6 is 0 Å². The van der Waals surface area contributed by atoms with Gasteiger partial charge in [0.15, 0.2) is 12.2 Å². The number of benzene rings is 1. The molecule has 2 aromatic rings. The van der Waals surface area contributed by atoms with E-state index < -0.39 is 24.0 Å². The van der Waals surface area contributed by atoms with Gasteiger partial charge in [-0.2, -0.15) is 0 Å². The van der Waals surface area contributed by atoms with E-state index in [0.717, 1.165) is 11.1 Å². The van der Waals surface area contributed by atoms with Gasteiger partial charge in [-0.3, -0.25) is 9.59 Å². The summed E-state index contributed by atoms with van der Waals surface area (Å²) in [5, 5.41) is 22.5. The largest absolute Gasteiger partial charge is 0.467 e. The first-order valence-electron chi connectivity index (χ1n) is 8.08. The van der Waals surface area contributed by atoms with Crippen LogP contribution < -0.4 is 5.32 Å². The Labute approximate surface area is 144 Å². The number of furan rings is 1. The molecule has 2 amide bonds. The molecule has 0 spiro atoms. The number of carbonyl (C=O) groups is 2. The maximum Gasteiger partial charge on any atom is 0.255 e. The minimum absolute atomic E-state index is 0.0703. The van der Waals surface area contributed by atoms with Crippen LogP contribution in [0.25, 0.3) is 0 Å². The number of carbonyl (C=O) groups excluding carboxylic acids is 2. The predicted molar refractivity (Wildman–Crippen MR) is 88.1 cm³/mol. The first-order valence-corrected chi connectivity index (χ1v) is 8.08. The summed E-state index contributed by atoms with van der Waals surface area (Å²) in [6.07, 6.45) is -1.50. The highest BCUT2D eigenvalue weighted by Crippen LogP contribution is 2.19. The van der Waals surface area contributed by atoms with Gasteiger partial charge in [0.25, 0.3) is 11.8 Å². The van der Waals surface area contributed by atoms with Gasteiger partial charge in [-0.15, -0.1) is 0 Å². The first-order chi connectivity index (χ1) is 12.1. The van der Waals surface area contributed by atoms with Crippen LogP contribution in [0.1, 0.15) is 16.9 Å². The summed E-state index contributed by atoms with van der Waals surface area (Å²) < 4.78 is 5.07. The maximum atomic E-state index is 12.4. The van der Waals surface area contributed by atoms with Crippen molar-refractivity contribution in [2.45, 2.75) is 31.7 Å². The van der Waals surface area contributed by atoms with E-state index in [2.05, 4.69) is 5.32 Å². The van der Waals surface area contributed by atoms with Gasteiger partial charge in [0.2, 0.25) is 0 Å². The van der Waals surface area contributed by atoms with E-state index in [1.54, 1.807) is 12.1 Å². The van der Waals surface area contributed by atoms with E-state index in [1.807, 2.05) is 24.3 Å². The lowest BCUT2D eigenvalue weighted by Crippen LogP contribution is -2.51. The molecule has 25 heavy (non-hydrogen) atoms. The van der Waals surface area contributed by atoms with Crippen LogP contribution in [0.15, 0.2) is 47.1 Å². The van der Waals surface area contributed by atoms with Crippen molar-refractivity contribution in [1.82, 2.24) is 10.2 Å². The predicted octanol–water partition coefficient (Wildman–Crippen LogP) is 0.202. The molecule has 7 nitrogen and oxygen atoms in total. The fraction of sp³-hybridized carbons (Fsp3) is 0.333. The molecule has 2 heterocycles. The average Bonchev–Trinajstić information content (AvgIpc) is 3.17. The lowest BCUT2D eigenvalue weighted by Gasteiger charge is -2.31. The van der Waals surface area contributed by atoms with E-state index in [0.29, 0.717) is 25.3 Å². The van der Waals surface area contributed by atoms with Crippen molar-refractivity contribution in [3.8, 4) is 0 Å². The highest BCUT2D eigenvalue weighted by Gasteiger charge is 2.34. The third-order valence-electron chi connectivity index (χ3n) is 4.28. The second-order valence-corrected chi connectivity index (χ2v) is 5.97. The molecule has 0 bridgehead atoms. The van der Waals surface area contributed by atoms with Gasteiger partial charge in [-0.05, 0) is 29.7 Å². The molecule has 0 radical (unpaired) electrons. The SMILES string of the molecule is O=C(NCc1ccco1)[C@H](O)[C@@H](O)C(=O)N1CCc2ccccc2C1. The molecule has 7 heteroatoms. The summed E-state index contributed by atoms with van der Waals surface area (Å²) in [6, 6.07) is 11.1. The molecule has 0 fully saturated rings. The zero-order valence-corrected chi connectivity index (χ0v) is 13.6. The molecule has 0 unspecified atom stereocenters. The number of aliphatic hydroxyl groups excluding tert-OH is 2. The summed E-state index contributed by atoms with van der Waals surface area (Å²) in [5.41, 5.74) is 2.17. The first kappa shape index (κ1) is 17.2. The molecular weight excluding hydrogens is 324 g/mol. The van der Waals surface area contributed by atoms with Crippen LogP contribution in [0, 0.1) is 0 Å². The van der Waals surface area contributed by atoms with E-state index in [4.69, 9.17) is 4.42 Å². The number of nitrogens with one attached hydrogen (secondary N) is 1. The Kier molecular flexibility index (Phi) is 5.16. The van der Waals surface area contributed by atoms with Crippen LogP contribution in [0.2, 0.25) is 0 Å². The number of hydrogen-bond acceptors (Lipinski definition) is 5. The van der Waals surface area contributed by atoms with E-state index in [-0.39, 0.29) is 6.54 Å². The Hall–Kier alpha value is -2.64. The summed E-state index contributed by atoms with van der Waals surface area (Å²) in [6.45, 7) is 0.862. The highest BCUT2D eigenvalue weighted by molar-refractivity contribution is 5.90. The van der Waals surface area contributed by atoms with Gasteiger partial charge in [0, 0.05) is 13.1 Å². The molecule has 1 aromatic heterocycles. The average molecular weight is 344 g/mol. The van der Waals surface area contributed by atoms with Crippen molar-refractivity contribution >= 4 is 11.8 Å². The minimum atomic E-state index is -1.83. The molecule has 0 saturated carbocycles. The van der Waals surface area contributed by atoms with Crippen LogP contribution in [-0.4, -0.2) is 45.7 Å². The lowest BCUT2D eigenvalue weighted by molar-refractivity contribution is -0.153. The van der Waals surface area contributed by atoms with Crippen molar-refractivity contribution in [3.05, 3.63) is 59.5 Å². The summed E-state index contributed by atoms with van der Waals surface area (Å²) >= 11 is 0. The minimum Gasteiger partial charge on any atom is -0.467 e. The van der Waals surface area contributed by atoms with Crippen LogP contribution in [0.3, 0.4) is 0 Å². The van der Waals surface area contributed by atoms with Crippen molar-refractivity contribution in [2.24, 2.45) is 0 Å². The monoisotopic (exact) mass is 344 g/mol. The normalized spacial score (nSPS) is 16.0. The Morgan fingerprint density at radius 3 is 2.60 bits per heavy atom. The zero-order chi connectivity index (χ0) is 17.8. The molecule has 3 rings (SSSR count). The Morgan fingerprint density at radius 2 is 1.88 bits per heavy atom. The van der Waals surface area contributed by atoms with Gasteiger partial charge in [0.05, 0.1) is 12.8 Å². The van der Waals surface area contributed by atoms with Crippen LogP contribution in [0.5, 0.6) is 0 Å². The fourth-order valence-corrected chi connectivity index (χ4v) is 2.84. The van der Waals surface area contributed by atoms with Crippen molar-refractivity contribution < 1.29 is 24.2 Å². The maximum absolute atomic E-state index is 12.4. The number of rotatable bonds is 5. The van der Waals surface area contributed by atoms with Gasteiger partial charge < -0.3 is 24.8 Å². The Morgan fingerprint density at radius 1 is 1.12 bits per heavy atom. The molecule has 1 aliphatic heterocycles. The fourth-order valence-electron chi connectivity index (χ4n) is 2.84. The van der Waals surface area contributed by atoms with Gasteiger partial charge in [0.1, 0.15) is 5.76 Å². The van der Waals surface area contributed by atoms with Gasteiger partial charge >= 0.3 is 0 Å². The Bertz CT molecular complexity index is 744.